The molecular weight excluding hydrogens is 943 g/mol. The van der Waals surface area contributed by atoms with E-state index < -0.39 is 166 Å². The molecule has 0 radical (unpaired) electrons. The Kier molecular flexibility index (Phi) is 21.2. The number of nitrogens with one attached hydrogen (secondary N) is 11. The van der Waals surface area contributed by atoms with E-state index in [4.69, 9.17) is 11.5 Å². The summed E-state index contributed by atoms with van der Waals surface area (Å²) in [6, 6.07) is -1.73. The zero-order chi connectivity index (χ0) is 52.3. The third kappa shape index (κ3) is 17.1. The summed E-state index contributed by atoms with van der Waals surface area (Å²) in [6.45, 7) is -7.08. The number of para-hydroxylation sites is 1. The van der Waals surface area contributed by atoms with Gasteiger partial charge in [-0.2, -0.15) is 10.2 Å². The second kappa shape index (κ2) is 26.9. The number of carbonyl (C=O) groups is 11. The highest BCUT2D eigenvalue weighted by Crippen LogP contribution is 2.36. The summed E-state index contributed by atoms with van der Waals surface area (Å²) in [5.41, 5.74) is 12.1. The second-order valence-electron chi connectivity index (χ2n) is 16.4. The number of rotatable bonds is 28. The van der Waals surface area contributed by atoms with Gasteiger partial charge < -0.3 is 90.0 Å². The summed E-state index contributed by atoms with van der Waals surface area (Å²) in [6.07, 6.45) is 3.81. The summed E-state index contributed by atoms with van der Waals surface area (Å²) >= 11 is 0. The maximum absolute atomic E-state index is 12.8. The number of hydrogen-bond acceptors (Lipinski definition) is 18. The average Bonchev–Trinajstić information content (AvgIpc) is 3.77. The largest absolute Gasteiger partial charge is 0.394 e. The van der Waals surface area contributed by atoms with Crippen LogP contribution in [0.15, 0.2) is 40.7 Å². The zero-order valence-corrected chi connectivity index (χ0v) is 38.2. The summed E-state index contributed by atoms with van der Waals surface area (Å²) in [5.74, 6) is -10.8. The molecule has 0 spiro atoms. The van der Waals surface area contributed by atoms with Gasteiger partial charge in [-0.15, -0.1) is 0 Å². The smallest absolute Gasteiger partial charge is 0.245 e. The van der Waals surface area contributed by atoms with Crippen molar-refractivity contribution in [1.82, 2.24) is 58.2 Å². The lowest BCUT2D eigenvalue weighted by atomic mass is 9.85. The normalized spacial score (nSPS) is 18.2. The lowest BCUT2D eigenvalue weighted by Crippen LogP contribution is -2.58. The van der Waals surface area contributed by atoms with E-state index in [0.717, 1.165) is 29.3 Å². The minimum absolute atomic E-state index is 0.0962. The first-order chi connectivity index (χ1) is 33.8. The Morgan fingerprint density at radius 3 is 1.46 bits per heavy atom. The minimum Gasteiger partial charge on any atom is -0.394 e. The van der Waals surface area contributed by atoms with Gasteiger partial charge in [0, 0.05) is 17.1 Å². The van der Waals surface area contributed by atoms with E-state index in [1.165, 1.54) is 0 Å². The zero-order valence-electron chi connectivity index (χ0n) is 38.2. The van der Waals surface area contributed by atoms with Gasteiger partial charge in [0.05, 0.1) is 71.1 Å². The van der Waals surface area contributed by atoms with Crippen LogP contribution in [0.5, 0.6) is 0 Å². The van der Waals surface area contributed by atoms with Crippen LogP contribution in [0.4, 0.5) is 0 Å². The molecule has 1 aliphatic carbocycles. The van der Waals surface area contributed by atoms with Crippen molar-refractivity contribution in [3.05, 3.63) is 36.0 Å². The molecule has 388 valence electrons. The quantitative estimate of drug-likeness (QED) is 0.0376. The molecule has 3 heterocycles. The number of H-pyrrole nitrogens is 1. The van der Waals surface area contributed by atoms with Crippen molar-refractivity contribution in [2.75, 3.05) is 52.6 Å². The molecule has 2 aliphatic heterocycles. The topological polar surface area (TPSA) is 482 Å². The fourth-order valence-corrected chi connectivity index (χ4v) is 7.19. The Bertz CT molecular complexity index is 2320. The molecule has 6 atom stereocenters. The number of aliphatic hydroxyl groups is 4. The Balaban J connectivity index is 1.12. The van der Waals surface area contributed by atoms with Crippen LogP contribution >= 0.6 is 0 Å². The highest BCUT2D eigenvalue weighted by atomic mass is 16.3. The second-order valence-corrected chi connectivity index (χ2v) is 16.4. The number of primary amides is 1. The van der Waals surface area contributed by atoms with Gasteiger partial charge in [-0.05, 0) is 43.7 Å². The number of benzene rings is 1. The van der Waals surface area contributed by atoms with E-state index in [2.05, 4.69) is 68.4 Å². The fourth-order valence-electron chi connectivity index (χ4n) is 7.19. The van der Waals surface area contributed by atoms with Gasteiger partial charge in [0.2, 0.25) is 65.0 Å². The molecule has 19 N–H and O–H groups in total. The summed E-state index contributed by atoms with van der Waals surface area (Å²) in [5, 5.41) is 70.0. The molecule has 0 unspecified atom stereocenters. The van der Waals surface area contributed by atoms with Crippen molar-refractivity contribution < 1.29 is 73.2 Å². The van der Waals surface area contributed by atoms with Crippen LogP contribution in [0.2, 0.25) is 0 Å². The summed E-state index contributed by atoms with van der Waals surface area (Å²) < 4.78 is 0. The standard InChI is InChI=1S/C41H59N15O15/c42-23(9-20-11-44-24-4-2-1-3-22(20)24)36(67)45-12-31(62)49-26(16-57)37(68)46-13-32(63)50-27(17-58)38(69)47-14-33(64)51-28(18-59)39(70)48-15-34(65)52-29(19-60)40(71)53-25(35(43)66)10-30(61)54-41-7-5-21(6-8-41)55-56-41/h1-4,11,21,23,25-29,44,57-60H,5-10,12-19,42H2,(H2,43,66)(H,45,67)(H,46,68)(H,47,69)(H,48,70)(H,49,62)(H,50,63)(H,51,64)(H,52,65)(H,53,71)(H,54,61)/t21?,23-,25-,26-,27-,28-,29-,41?/m0/s1. The van der Waals surface area contributed by atoms with Crippen LogP contribution in [0.25, 0.3) is 10.9 Å². The number of aromatic nitrogens is 1. The predicted octanol–water partition coefficient (Wildman–Crippen LogP) is -9.01. The SMILES string of the molecule is NC(=O)[C@H](CC(=O)NC12CCC(CC1)N=N2)NC(=O)[C@H](CO)NC(=O)CNC(=O)[C@H](CO)NC(=O)CNC(=O)[C@H](CO)NC(=O)CNC(=O)[C@H](CO)NC(=O)CNC(=O)[C@@H](N)Cc1c[nH]c2ccccc12. The van der Waals surface area contributed by atoms with Crippen LogP contribution in [0.1, 0.15) is 37.7 Å². The Labute approximate surface area is 403 Å². The van der Waals surface area contributed by atoms with E-state index >= 15 is 0 Å². The molecule has 1 aromatic heterocycles. The number of aromatic amines is 1. The molecule has 5 rings (SSSR count). The number of aliphatic hydroxyl groups excluding tert-OH is 4. The van der Waals surface area contributed by atoms with E-state index in [1.54, 1.807) is 6.20 Å². The number of carbonyl (C=O) groups excluding carboxylic acids is 11. The molecule has 3 aliphatic rings. The van der Waals surface area contributed by atoms with Crippen molar-refractivity contribution in [2.45, 2.75) is 86.5 Å². The monoisotopic (exact) mass is 1000 g/mol. The number of nitrogens with zero attached hydrogens (tertiary/aromatic N) is 2. The summed E-state index contributed by atoms with van der Waals surface area (Å²) in [4.78, 5) is 141. The highest BCUT2D eigenvalue weighted by Gasteiger charge is 2.41. The lowest BCUT2D eigenvalue weighted by molar-refractivity contribution is -0.134. The van der Waals surface area contributed by atoms with Crippen molar-refractivity contribution >= 4 is 75.9 Å². The van der Waals surface area contributed by atoms with Crippen molar-refractivity contribution in [1.29, 1.82) is 0 Å². The maximum Gasteiger partial charge on any atom is 0.245 e. The predicted molar refractivity (Wildman–Crippen MR) is 242 cm³/mol. The minimum atomic E-state index is -1.70. The van der Waals surface area contributed by atoms with Gasteiger partial charge in [-0.3, -0.25) is 52.7 Å². The Morgan fingerprint density at radius 1 is 0.606 bits per heavy atom. The molecule has 71 heavy (non-hydrogen) atoms. The number of fused-ring (bicyclic) bond motifs is 3. The first-order valence-electron chi connectivity index (χ1n) is 22.2. The van der Waals surface area contributed by atoms with E-state index in [0.29, 0.717) is 12.8 Å². The van der Waals surface area contributed by atoms with Crippen LogP contribution < -0.4 is 64.6 Å². The van der Waals surface area contributed by atoms with Crippen LogP contribution in [0.3, 0.4) is 0 Å². The lowest BCUT2D eigenvalue weighted by Gasteiger charge is -2.39. The van der Waals surface area contributed by atoms with Crippen LogP contribution in [-0.2, 0) is 59.2 Å². The maximum atomic E-state index is 12.8. The van der Waals surface area contributed by atoms with Gasteiger partial charge in [0.25, 0.3) is 0 Å². The van der Waals surface area contributed by atoms with Gasteiger partial charge in [-0.25, -0.2) is 0 Å². The third-order valence-corrected chi connectivity index (χ3v) is 11.1. The van der Waals surface area contributed by atoms with Crippen molar-refractivity contribution in [3.8, 4) is 0 Å². The first kappa shape index (κ1) is 55.9. The number of amides is 11. The Hall–Kier alpha value is -7.67. The molecule has 11 amide bonds. The van der Waals surface area contributed by atoms with Crippen LogP contribution in [-0.4, -0.2) is 191 Å². The van der Waals surface area contributed by atoms with Gasteiger partial charge in [-0.1, -0.05) is 18.2 Å². The Morgan fingerprint density at radius 2 is 1.04 bits per heavy atom. The molecule has 1 saturated carbocycles. The molecule has 1 aromatic carbocycles. The van der Waals surface area contributed by atoms with Gasteiger partial charge >= 0.3 is 0 Å². The van der Waals surface area contributed by atoms with Crippen molar-refractivity contribution in [2.24, 2.45) is 21.7 Å². The number of azo groups is 1. The van der Waals surface area contributed by atoms with Crippen molar-refractivity contribution in [3.63, 3.8) is 0 Å². The molecule has 2 bridgehead atoms. The molecule has 30 heteroatoms. The summed E-state index contributed by atoms with van der Waals surface area (Å²) in [7, 11) is 0. The first-order valence-corrected chi connectivity index (χ1v) is 22.2. The highest BCUT2D eigenvalue weighted by molar-refractivity contribution is 5.97. The van der Waals surface area contributed by atoms with Gasteiger partial charge in [0.1, 0.15) is 30.2 Å². The molecule has 0 saturated heterocycles. The average molecular weight is 1000 g/mol. The van der Waals surface area contributed by atoms with E-state index in [1.807, 2.05) is 24.3 Å². The molecule has 2 aromatic rings. The number of hydrogen-bond donors (Lipinski definition) is 17. The molecule has 1 fully saturated rings. The fraction of sp³-hybridized carbons (Fsp3) is 0.537. The van der Waals surface area contributed by atoms with E-state index in [9.17, 15) is 73.2 Å². The van der Waals surface area contributed by atoms with Crippen LogP contribution in [0, 0.1) is 0 Å². The van der Waals surface area contributed by atoms with E-state index in [-0.39, 0.29) is 12.5 Å². The molecular formula is C41H59N15O15. The third-order valence-electron chi connectivity index (χ3n) is 11.1. The van der Waals surface area contributed by atoms with Gasteiger partial charge in [0.15, 0.2) is 5.66 Å². The molecule has 30 nitrogen and oxygen atoms in total. The number of nitrogens with two attached hydrogens (primary N) is 2.